The van der Waals surface area contributed by atoms with Crippen molar-refractivity contribution in [2.75, 3.05) is 26.3 Å². The summed E-state index contributed by atoms with van der Waals surface area (Å²) in [6.45, 7) is 3.15. The number of nitrogens with zero attached hydrogens (tertiary/aromatic N) is 1. The highest BCUT2D eigenvalue weighted by atomic mass is 32.2. The molecule has 33 heavy (non-hydrogen) atoms. The van der Waals surface area contributed by atoms with Gasteiger partial charge in [-0.05, 0) is 56.0 Å². The van der Waals surface area contributed by atoms with Gasteiger partial charge in [-0.1, -0.05) is 24.3 Å². The molecule has 0 radical (unpaired) electrons. The number of rotatable bonds is 10. The van der Waals surface area contributed by atoms with Crippen LogP contribution in [0.15, 0.2) is 53.4 Å². The Hall–Kier alpha value is -3.11. The highest BCUT2D eigenvalue weighted by molar-refractivity contribution is 7.89. The average Bonchev–Trinajstić information content (AvgIpc) is 3.37. The molecule has 0 unspecified atom stereocenters. The molecule has 1 fully saturated rings. The molecule has 1 aliphatic heterocycles. The van der Waals surface area contributed by atoms with Gasteiger partial charge in [-0.2, -0.15) is 4.31 Å². The van der Waals surface area contributed by atoms with Gasteiger partial charge in [0, 0.05) is 19.5 Å². The highest BCUT2D eigenvalue weighted by Gasteiger charge is 2.26. The number of carbonyl (C=O) groups excluding carboxylic acids is 2. The summed E-state index contributed by atoms with van der Waals surface area (Å²) >= 11 is 0. The Kier molecular flexibility index (Phi) is 8.67. The molecule has 0 spiro atoms. The molecule has 9 nitrogen and oxygen atoms in total. The molecule has 10 heteroatoms. The molecule has 0 aromatic heterocycles. The van der Waals surface area contributed by atoms with E-state index in [1.54, 1.807) is 48.5 Å². The molecule has 0 atom stereocenters. The van der Waals surface area contributed by atoms with Crippen LogP contribution < -0.4 is 20.3 Å². The SMILES string of the molecule is CCOc1ccccc1OCC(=O)NNC(=O)CCc1ccc(S(=O)(=O)N2CCCC2)cc1. The fourth-order valence-corrected chi connectivity index (χ4v) is 4.91. The van der Waals surface area contributed by atoms with Gasteiger partial charge < -0.3 is 9.47 Å². The first-order valence-electron chi connectivity index (χ1n) is 10.9. The van der Waals surface area contributed by atoms with Crippen LogP contribution in [0.25, 0.3) is 0 Å². The van der Waals surface area contributed by atoms with E-state index in [1.165, 1.54) is 4.31 Å². The molecule has 1 saturated heterocycles. The zero-order valence-corrected chi connectivity index (χ0v) is 19.4. The van der Waals surface area contributed by atoms with Crippen molar-refractivity contribution in [3.05, 3.63) is 54.1 Å². The van der Waals surface area contributed by atoms with Crippen LogP contribution in [-0.4, -0.2) is 50.8 Å². The summed E-state index contributed by atoms with van der Waals surface area (Å²) in [6.07, 6.45) is 2.31. The lowest BCUT2D eigenvalue weighted by Gasteiger charge is -2.15. The number of nitrogens with one attached hydrogen (secondary N) is 2. The Morgan fingerprint density at radius 2 is 1.52 bits per heavy atom. The first-order chi connectivity index (χ1) is 15.9. The van der Waals surface area contributed by atoms with E-state index in [0.717, 1.165) is 18.4 Å². The number of amides is 2. The molecule has 2 aromatic carbocycles. The zero-order valence-electron chi connectivity index (χ0n) is 18.6. The Bertz CT molecular complexity index is 1050. The summed E-state index contributed by atoms with van der Waals surface area (Å²) < 4.78 is 37.5. The molecule has 1 aliphatic rings. The lowest BCUT2D eigenvalue weighted by molar-refractivity contribution is -0.130. The van der Waals surface area contributed by atoms with Gasteiger partial charge in [0.05, 0.1) is 11.5 Å². The number of benzene rings is 2. The molecule has 0 aliphatic carbocycles. The second-order valence-electron chi connectivity index (χ2n) is 7.52. The van der Waals surface area contributed by atoms with Crippen molar-refractivity contribution >= 4 is 21.8 Å². The Morgan fingerprint density at radius 1 is 0.909 bits per heavy atom. The largest absolute Gasteiger partial charge is 0.490 e. The van der Waals surface area contributed by atoms with Gasteiger partial charge >= 0.3 is 0 Å². The smallest absolute Gasteiger partial charge is 0.276 e. The number of hydrogen-bond acceptors (Lipinski definition) is 6. The summed E-state index contributed by atoms with van der Waals surface area (Å²) in [6, 6.07) is 13.6. The number of sulfonamides is 1. The third-order valence-corrected chi connectivity index (χ3v) is 7.03. The number of aryl methyl sites for hydroxylation is 1. The average molecular weight is 476 g/mol. The van der Waals surface area contributed by atoms with E-state index in [-0.39, 0.29) is 23.8 Å². The molecule has 2 amide bonds. The Labute approximate surface area is 194 Å². The van der Waals surface area contributed by atoms with Crippen LogP contribution >= 0.6 is 0 Å². The van der Waals surface area contributed by atoms with Gasteiger partial charge in [0.1, 0.15) is 0 Å². The van der Waals surface area contributed by atoms with Crippen LogP contribution in [0.3, 0.4) is 0 Å². The molecule has 3 rings (SSSR count). The molecule has 1 heterocycles. The van der Waals surface area contributed by atoms with Gasteiger partial charge in [-0.15, -0.1) is 0 Å². The number of para-hydroxylation sites is 2. The quantitative estimate of drug-likeness (QED) is 0.508. The zero-order chi connectivity index (χ0) is 23.7. The van der Waals surface area contributed by atoms with E-state index in [1.807, 2.05) is 6.92 Å². The second kappa shape index (κ2) is 11.7. The Morgan fingerprint density at radius 3 is 2.15 bits per heavy atom. The number of hydrogen-bond donors (Lipinski definition) is 2. The summed E-state index contributed by atoms with van der Waals surface area (Å²) in [4.78, 5) is 24.3. The maximum atomic E-state index is 12.6. The number of ether oxygens (including phenoxy) is 2. The van der Waals surface area contributed by atoms with Gasteiger partial charge in [0.2, 0.25) is 15.9 Å². The predicted octanol–water partition coefficient (Wildman–Crippen LogP) is 2.03. The van der Waals surface area contributed by atoms with E-state index < -0.39 is 15.9 Å². The standard InChI is InChI=1S/C23H29N3O6S/c1-2-31-20-7-3-4-8-21(20)32-17-23(28)25-24-22(27)14-11-18-9-12-19(13-10-18)33(29,30)26-15-5-6-16-26/h3-4,7-10,12-13H,2,5-6,11,14-17H2,1H3,(H,24,27)(H,25,28). The first kappa shape index (κ1) is 24.5. The van der Waals surface area contributed by atoms with Gasteiger partial charge in [0.15, 0.2) is 18.1 Å². The fraction of sp³-hybridized carbons (Fsp3) is 0.391. The van der Waals surface area contributed by atoms with Crippen LogP contribution in [0, 0.1) is 0 Å². The summed E-state index contributed by atoms with van der Waals surface area (Å²) in [7, 11) is -3.45. The minimum atomic E-state index is -3.45. The van der Waals surface area contributed by atoms with E-state index in [4.69, 9.17) is 9.47 Å². The molecular formula is C23H29N3O6S. The van der Waals surface area contributed by atoms with Crippen molar-refractivity contribution in [1.29, 1.82) is 0 Å². The third kappa shape index (κ3) is 6.93. The van der Waals surface area contributed by atoms with Crippen LogP contribution in [0.1, 0.15) is 31.7 Å². The van der Waals surface area contributed by atoms with Crippen molar-refractivity contribution in [2.45, 2.75) is 37.5 Å². The normalized spacial score (nSPS) is 14.0. The van der Waals surface area contributed by atoms with Crippen LogP contribution in [0.4, 0.5) is 0 Å². The monoisotopic (exact) mass is 475 g/mol. The minimum Gasteiger partial charge on any atom is -0.490 e. The van der Waals surface area contributed by atoms with E-state index in [9.17, 15) is 18.0 Å². The number of hydrazine groups is 1. The predicted molar refractivity (Wildman–Crippen MR) is 122 cm³/mol. The summed E-state index contributed by atoms with van der Waals surface area (Å²) in [5.41, 5.74) is 5.49. The van der Waals surface area contributed by atoms with Crippen molar-refractivity contribution in [1.82, 2.24) is 15.2 Å². The van der Waals surface area contributed by atoms with Crippen molar-refractivity contribution in [3.63, 3.8) is 0 Å². The Balaban J connectivity index is 1.40. The summed E-state index contributed by atoms with van der Waals surface area (Å²) in [5.74, 6) is 0.102. The van der Waals surface area contributed by atoms with Crippen LogP contribution in [0.5, 0.6) is 11.5 Å². The second-order valence-corrected chi connectivity index (χ2v) is 9.46. The van der Waals surface area contributed by atoms with Crippen LogP contribution in [-0.2, 0) is 26.0 Å². The van der Waals surface area contributed by atoms with E-state index in [0.29, 0.717) is 37.6 Å². The molecule has 178 valence electrons. The lowest BCUT2D eigenvalue weighted by atomic mass is 10.1. The molecule has 0 saturated carbocycles. The number of carbonyl (C=O) groups is 2. The maximum Gasteiger partial charge on any atom is 0.276 e. The topological polar surface area (TPSA) is 114 Å². The van der Waals surface area contributed by atoms with Gasteiger partial charge in [0.25, 0.3) is 5.91 Å². The fourth-order valence-electron chi connectivity index (χ4n) is 3.39. The molecular weight excluding hydrogens is 446 g/mol. The summed E-state index contributed by atoms with van der Waals surface area (Å²) in [5, 5.41) is 0. The van der Waals surface area contributed by atoms with E-state index in [2.05, 4.69) is 10.9 Å². The van der Waals surface area contributed by atoms with Gasteiger partial charge in [-0.25, -0.2) is 8.42 Å². The maximum absolute atomic E-state index is 12.6. The van der Waals surface area contributed by atoms with Gasteiger partial charge in [-0.3, -0.25) is 20.4 Å². The molecule has 2 aromatic rings. The van der Waals surface area contributed by atoms with E-state index >= 15 is 0 Å². The van der Waals surface area contributed by atoms with Crippen molar-refractivity contribution in [2.24, 2.45) is 0 Å². The van der Waals surface area contributed by atoms with Crippen LogP contribution in [0.2, 0.25) is 0 Å². The highest BCUT2D eigenvalue weighted by Crippen LogP contribution is 2.26. The van der Waals surface area contributed by atoms with Crippen molar-refractivity contribution < 1.29 is 27.5 Å². The minimum absolute atomic E-state index is 0.131. The first-order valence-corrected chi connectivity index (χ1v) is 12.4. The molecule has 2 N–H and O–H groups in total. The molecule has 0 bridgehead atoms. The lowest BCUT2D eigenvalue weighted by Crippen LogP contribution is -2.43. The van der Waals surface area contributed by atoms with Crippen molar-refractivity contribution in [3.8, 4) is 11.5 Å². The third-order valence-electron chi connectivity index (χ3n) is 5.12.